The smallest absolute Gasteiger partial charge is 0.278 e. The SMILES string of the molecule is CCN(C(=O)c1ccc(Nc2ccccc2OC)nn1)c1cccc(C)c1. The number of rotatable bonds is 6. The molecule has 3 rings (SSSR count). The summed E-state index contributed by atoms with van der Waals surface area (Å²) < 4.78 is 5.31. The molecule has 138 valence electrons. The third-order valence-electron chi connectivity index (χ3n) is 4.13. The van der Waals surface area contributed by atoms with Crippen LogP contribution in [0.15, 0.2) is 60.7 Å². The number of aryl methyl sites for hydroxylation is 1. The van der Waals surface area contributed by atoms with E-state index in [0.717, 1.165) is 16.9 Å². The normalized spacial score (nSPS) is 10.3. The van der Waals surface area contributed by atoms with Crippen LogP contribution in [0.2, 0.25) is 0 Å². The summed E-state index contributed by atoms with van der Waals surface area (Å²) in [6.45, 7) is 4.48. The van der Waals surface area contributed by atoms with Crippen LogP contribution in [0.1, 0.15) is 23.0 Å². The molecule has 0 saturated heterocycles. The first kappa shape index (κ1) is 18.4. The molecule has 1 aromatic heterocycles. The number of hydrogen-bond donors (Lipinski definition) is 1. The van der Waals surface area contributed by atoms with E-state index in [1.165, 1.54) is 0 Å². The highest BCUT2D eigenvalue weighted by Gasteiger charge is 2.18. The quantitative estimate of drug-likeness (QED) is 0.712. The highest BCUT2D eigenvalue weighted by Crippen LogP contribution is 2.26. The number of methoxy groups -OCH3 is 1. The van der Waals surface area contributed by atoms with Gasteiger partial charge in [0.15, 0.2) is 11.5 Å². The lowest BCUT2D eigenvalue weighted by Gasteiger charge is -2.21. The summed E-state index contributed by atoms with van der Waals surface area (Å²) in [5, 5.41) is 11.4. The van der Waals surface area contributed by atoms with Gasteiger partial charge in [0.05, 0.1) is 12.8 Å². The zero-order chi connectivity index (χ0) is 19.2. The predicted octanol–water partition coefficient (Wildman–Crippen LogP) is 4.20. The van der Waals surface area contributed by atoms with Gasteiger partial charge in [-0.05, 0) is 55.8 Å². The Hall–Kier alpha value is -3.41. The monoisotopic (exact) mass is 362 g/mol. The van der Waals surface area contributed by atoms with Crippen LogP contribution in [0, 0.1) is 6.92 Å². The predicted molar refractivity (Wildman–Crippen MR) is 107 cm³/mol. The molecule has 6 nitrogen and oxygen atoms in total. The van der Waals surface area contributed by atoms with E-state index in [9.17, 15) is 4.79 Å². The fraction of sp³-hybridized carbons (Fsp3) is 0.190. The second-order valence-corrected chi connectivity index (χ2v) is 6.02. The zero-order valence-corrected chi connectivity index (χ0v) is 15.6. The zero-order valence-electron chi connectivity index (χ0n) is 15.6. The second-order valence-electron chi connectivity index (χ2n) is 6.02. The van der Waals surface area contributed by atoms with E-state index in [4.69, 9.17) is 4.74 Å². The minimum Gasteiger partial charge on any atom is -0.495 e. The molecule has 3 aromatic rings. The van der Waals surface area contributed by atoms with Crippen molar-refractivity contribution in [2.24, 2.45) is 0 Å². The van der Waals surface area contributed by atoms with Gasteiger partial charge in [0.2, 0.25) is 0 Å². The van der Waals surface area contributed by atoms with Gasteiger partial charge in [0.1, 0.15) is 5.75 Å². The lowest BCUT2D eigenvalue weighted by Crippen LogP contribution is -2.31. The van der Waals surface area contributed by atoms with Gasteiger partial charge in [0.25, 0.3) is 5.91 Å². The van der Waals surface area contributed by atoms with Crippen LogP contribution >= 0.6 is 0 Å². The van der Waals surface area contributed by atoms with E-state index in [2.05, 4.69) is 15.5 Å². The van der Waals surface area contributed by atoms with Crippen LogP contribution in [0.3, 0.4) is 0 Å². The maximum Gasteiger partial charge on any atom is 0.278 e. The molecule has 0 unspecified atom stereocenters. The van der Waals surface area contributed by atoms with Crippen molar-refractivity contribution in [1.29, 1.82) is 0 Å². The maximum absolute atomic E-state index is 12.8. The number of nitrogens with one attached hydrogen (secondary N) is 1. The molecule has 0 bridgehead atoms. The van der Waals surface area contributed by atoms with Crippen molar-refractivity contribution < 1.29 is 9.53 Å². The van der Waals surface area contributed by atoms with Gasteiger partial charge in [-0.3, -0.25) is 4.79 Å². The first-order valence-corrected chi connectivity index (χ1v) is 8.74. The van der Waals surface area contributed by atoms with Crippen molar-refractivity contribution in [3.05, 3.63) is 71.9 Å². The molecule has 0 saturated carbocycles. The second kappa shape index (κ2) is 8.31. The van der Waals surface area contributed by atoms with E-state index < -0.39 is 0 Å². The van der Waals surface area contributed by atoms with Crippen LogP contribution in [-0.4, -0.2) is 29.8 Å². The molecule has 0 fully saturated rings. The van der Waals surface area contributed by atoms with Crippen LogP contribution in [0.5, 0.6) is 5.75 Å². The van der Waals surface area contributed by atoms with Crippen LogP contribution < -0.4 is 15.0 Å². The van der Waals surface area contributed by atoms with Gasteiger partial charge in [-0.1, -0.05) is 24.3 Å². The van der Waals surface area contributed by atoms with Crippen LogP contribution in [-0.2, 0) is 0 Å². The van der Waals surface area contributed by atoms with Gasteiger partial charge in [-0.2, -0.15) is 0 Å². The summed E-state index contributed by atoms with van der Waals surface area (Å²) in [5.41, 5.74) is 3.02. The molecule has 0 spiro atoms. The molecule has 1 heterocycles. The molecule has 0 radical (unpaired) electrons. The molecule has 27 heavy (non-hydrogen) atoms. The molecule has 0 aliphatic rings. The summed E-state index contributed by atoms with van der Waals surface area (Å²) in [4.78, 5) is 14.5. The Kier molecular flexibility index (Phi) is 5.66. The van der Waals surface area contributed by atoms with Crippen molar-refractivity contribution in [2.45, 2.75) is 13.8 Å². The standard InChI is InChI=1S/C21H22N4O2/c1-4-25(16-9-7-8-15(2)14-16)21(26)18-12-13-20(24-23-18)22-17-10-5-6-11-19(17)27-3/h5-14H,4H2,1-3H3,(H,22,24). The molecule has 6 heteroatoms. The molecular formula is C21H22N4O2. The number of para-hydroxylation sites is 2. The summed E-state index contributed by atoms with van der Waals surface area (Å²) in [6, 6.07) is 18.8. The minimum absolute atomic E-state index is 0.181. The first-order valence-electron chi connectivity index (χ1n) is 8.74. The number of anilines is 3. The van der Waals surface area contributed by atoms with Gasteiger partial charge in [-0.15, -0.1) is 10.2 Å². The third kappa shape index (κ3) is 4.23. The fourth-order valence-electron chi connectivity index (χ4n) is 2.78. The number of ether oxygens (including phenoxy) is 1. The topological polar surface area (TPSA) is 67.4 Å². The Morgan fingerprint density at radius 2 is 1.89 bits per heavy atom. The summed E-state index contributed by atoms with van der Waals surface area (Å²) in [7, 11) is 1.61. The number of carbonyl (C=O) groups is 1. The van der Waals surface area contributed by atoms with E-state index in [0.29, 0.717) is 23.8 Å². The number of aromatic nitrogens is 2. The summed E-state index contributed by atoms with van der Waals surface area (Å²) in [6.07, 6.45) is 0. The molecule has 2 aromatic carbocycles. The average Bonchev–Trinajstić information content (AvgIpc) is 2.69. The van der Waals surface area contributed by atoms with Gasteiger partial charge >= 0.3 is 0 Å². The largest absolute Gasteiger partial charge is 0.495 e. The molecular weight excluding hydrogens is 340 g/mol. The lowest BCUT2D eigenvalue weighted by molar-refractivity contribution is 0.0982. The lowest BCUT2D eigenvalue weighted by atomic mass is 10.2. The van der Waals surface area contributed by atoms with Gasteiger partial charge in [-0.25, -0.2) is 0 Å². The number of carbonyl (C=O) groups excluding carboxylic acids is 1. The summed E-state index contributed by atoms with van der Waals surface area (Å²) >= 11 is 0. The Labute approximate surface area is 158 Å². The van der Waals surface area contributed by atoms with Crippen LogP contribution in [0.25, 0.3) is 0 Å². The van der Waals surface area contributed by atoms with Gasteiger partial charge in [0, 0.05) is 12.2 Å². The third-order valence-corrected chi connectivity index (χ3v) is 4.13. The number of benzene rings is 2. The molecule has 0 aliphatic heterocycles. The minimum atomic E-state index is -0.181. The molecule has 0 atom stereocenters. The van der Waals surface area contributed by atoms with Crippen molar-refractivity contribution in [1.82, 2.24) is 10.2 Å². The Balaban J connectivity index is 1.78. The molecule has 0 aliphatic carbocycles. The van der Waals surface area contributed by atoms with Crippen molar-refractivity contribution in [3.8, 4) is 5.75 Å². The first-order chi connectivity index (χ1) is 13.1. The van der Waals surface area contributed by atoms with Crippen molar-refractivity contribution in [3.63, 3.8) is 0 Å². The summed E-state index contributed by atoms with van der Waals surface area (Å²) in [5.74, 6) is 1.06. The van der Waals surface area contributed by atoms with E-state index in [-0.39, 0.29) is 5.91 Å². The van der Waals surface area contributed by atoms with Gasteiger partial charge < -0.3 is 15.0 Å². The fourth-order valence-corrected chi connectivity index (χ4v) is 2.78. The molecule has 1 amide bonds. The number of hydrogen-bond acceptors (Lipinski definition) is 5. The van der Waals surface area contributed by atoms with Crippen LogP contribution in [0.4, 0.5) is 17.2 Å². The number of nitrogens with zero attached hydrogens (tertiary/aromatic N) is 3. The van der Waals surface area contributed by atoms with Crippen molar-refractivity contribution >= 4 is 23.1 Å². The Bertz CT molecular complexity index is 925. The Morgan fingerprint density at radius 1 is 1.07 bits per heavy atom. The molecule has 1 N–H and O–H groups in total. The highest BCUT2D eigenvalue weighted by molar-refractivity contribution is 6.04. The highest BCUT2D eigenvalue weighted by atomic mass is 16.5. The van der Waals surface area contributed by atoms with Crippen molar-refractivity contribution in [2.75, 3.05) is 23.9 Å². The maximum atomic E-state index is 12.8. The van der Waals surface area contributed by atoms with E-state index in [1.54, 1.807) is 24.1 Å². The average molecular weight is 362 g/mol. The number of amides is 1. The van der Waals surface area contributed by atoms with E-state index in [1.807, 2.05) is 62.4 Å². The van der Waals surface area contributed by atoms with E-state index >= 15 is 0 Å². The Morgan fingerprint density at radius 3 is 2.56 bits per heavy atom.